The first-order valence-electron chi connectivity index (χ1n) is 9.93. The summed E-state index contributed by atoms with van der Waals surface area (Å²) < 4.78 is 17.8. The number of ether oxygens (including phenoxy) is 1. The summed E-state index contributed by atoms with van der Waals surface area (Å²) in [6, 6.07) is 16.0. The number of thioether (sulfide) groups is 1. The molecule has 0 spiro atoms. The van der Waals surface area contributed by atoms with E-state index in [0.29, 0.717) is 50.1 Å². The zero-order valence-corrected chi connectivity index (χ0v) is 19.0. The lowest BCUT2D eigenvalue weighted by molar-refractivity contribution is 0.390. The van der Waals surface area contributed by atoms with E-state index < -0.39 is 0 Å². The highest BCUT2D eigenvalue weighted by Crippen LogP contribution is 2.29. The summed E-state index contributed by atoms with van der Waals surface area (Å²) in [6.07, 6.45) is 1.57. The molecule has 8 nitrogen and oxygen atoms in total. The van der Waals surface area contributed by atoms with E-state index in [-0.39, 0.29) is 12.1 Å². The number of furan rings is 1. The Hall–Kier alpha value is -3.56. The number of hydrogen-bond acceptors (Lipinski definition) is 8. The summed E-state index contributed by atoms with van der Waals surface area (Å²) in [6.45, 7) is 0.246. The predicted octanol–water partition coefficient (Wildman–Crippen LogP) is 5.04. The van der Waals surface area contributed by atoms with E-state index in [9.17, 15) is 4.79 Å². The Bertz CT molecular complexity index is 1480. The van der Waals surface area contributed by atoms with E-state index >= 15 is 0 Å². The highest BCUT2D eigenvalue weighted by molar-refractivity contribution is 7.98. The van der Waals surface area contributed by atoms with Crippen LogP contribution in [0.1, 0.15) is 11.7 Å². The fraction of sp³-hybridized carbons (Fsp3) is 0.130. The van der Waals surface area contributed by atoms with E-state index in [1.54, 1.807) is 42.2 Å². The van der Waals surface area contributed by atoms with Crippen molar-refractivity contribution in [3.63, 3.8) is 0 Å². The van der Waals surface area contributed by atoms with Crippen LogP contribution in [-0.4, -0.2) is 26.8 Å². The standard InChI is InChI=1S/C23H17ClN4O4S/c1-30-19-7-3-2-6-17(19)21-26-20(32-27-21)13-33-23-25-18-11-14(24)8-9-16(18)22(29)28(23)12-15-5-4-10-31-15/h2-11H,12-13H2,1H3. The number of methoxy groups -OCH3 is 1. The summed E-state index contributed by atoms with van der Waals surface area (Å²) >= 11 is 7.44. The van der Waals surface area contributed by atoms with Gasteiger partial charge in [-0.2, -0.15) is 4.98 Å². The second kappa shape index (κ2) is 9.13. The normalized spacial score (nSPS) is 11.2. The molecule has 0 aliphatic rings. The van der Waals surface area contributed by atoms with Crippen molar-refractivity contribution < 1.29 is 13.7 Å². The van der Waals surface area contributed by atoms with E-state index in [0.717, 1.165) is 5.56 Å². The second-order valence-corrected chi connectivity index (χ2v) is 8.41. The summed E-state index contributed by atoms with van der Waals surface area (Å²) in [4.78, 5) is 22.4. The van der Waals surface area contributed by atoms with Crippen molar-refractivity contribution in [2.24, 2.45) is 0 Å². The molecule has 5 rings (SSSR count). The third kappa shape index (κ3) is 4.37. The minimum atomic E-state index is -0.184. The molecule has 0 N–H and O–H groups in total. The Kier molecular flexibility index (Phi) is 5.89. The minimum Gasteiger partial charge on any atom is -0.496 e. The van der Waals surface area contributed by atoms with Gasteiger partial charge in [0, 0.05) is 5.02 Å². The van der Waals surface area contributed by atoms with Crippen LogP contribution in [-0.2, 0) is 12.3 Å². The molecule has 33 heavy (non-hydrogen) atoms. The first-order chi connectivity index (χ1) is 16.1. The van der Waals surface area contributed by atoms with Gasteiger partial charge in [0.1, 0.15) is 11.5 Å². The zero-order valence-electron chi connectivity index (χ0n) is 17.4. The molecule has 0 amide bonds. The quantitative estimate of drug-likeness (QED) is 0.236. The van der Waals surface area contributed by atoms with Crippen LogP contribution in [0.4, 0.5) is 0 Å². The third-order valence-corrected chi connectivity index (χ3v) is 6.11. The number of para-hydroxylation sites is 1. The number of hydrogen-bond donors (Lipinski definition) is 0. The van der Waals surface area contributed by atoms with E-state index in [2.05, 4.69) is 15.1 Å². The molecular formula is C23H17ClN4O4S. The lowest BCUT2D eigenvalue weighted by atomic mass is 10.2. The fourth-order valence-electron chi connectivity index (χ4n) is 3.36. The molecule has 5 aromatic rings. The van der Waals surface area contributed by atoms with Gasteiger partial charge < -0.3 is 13.7 Å². The SMILES string of the molecule is COc1ccccc1-c1noc(CSc2nc3cc(Cl)ccc3c(=O)n2Cc2ccco2)n1. The highest BCUT2D eigenvalue weighted by atomic mass is 35.5. The molecule has 3 heterocycles. The Morgan fingerprint density at radius 3 is 2.82 bits per heavy atom. The summed E-state index contributed by atoms with van der Waals surface area (Å²) in [7, 11) is 1.59. The summed E-state index contributed by atoms with van der Waals surface area (Å²) in [5.41, 5.74) is 1.06. The van der Waals surface area contributed by atoms with Crippen molar-refractivity contribution in [1.82, 2.24) is 19.7 Å². The molecule has 10 heteroatoms. The van der Waals surface area contributed by atoms with Gasteiger partial charge in [0.25, 0.3) is 5.56 Å². The van der Waals surface area contributed by atoms with Crippen molar-refractivity contribution in [3.05, 3.63) is 87.9 Å². The Morgan fingerprint density at radius 2 is 2.00 bits per heavy atom. The first-order valence-corrected chi connectivity index (χ1v) is 11.3. The van der Waals surface area contributed by atoms with Crippen LogP contribution in [0, 0.1) is 0 Å². The summed E-state index contributed by atoms with van der Waals surface area (Å²) in [5.74, 6) is 2.43. The molecule has 0 aliphatic heterocycles. The van der Waals surface area contributed by atoms with Gasteiger partial charge in [0.2, 0.25) is 11.7 Å². The Labute approximate surface area is 197 Å². The van der Waals surface area contributed by atoms with Crippen molar-refractivity contribution in [2.75, 3.05) is 7.11 Å². The lowest BCUT2D eigenvalue weighted by Gasteiger charge is -2.11. The van der Waals surface area contributed by atoms with Crippen molar-refractivity contribution >= 4 is 34.3 Å². The predicted molar refractivity (Wildman–Crippen MR) is 125 cm³/mol. The summed E-state index contributed by atoms with van der Waals surface area (Å²) in [5, 5.41) is 5.54. The van der Waals surface area contributed by atoms with Crippen LogP contribution in [0.5, 0.6) is 5.75 Å². The maximum Gasteiger partial charge on any atom is 0.262 e. The van der Waals surface area contributed by atoms with Crippen LogP contribution < -0.4 is 10.3 Å². The van der Waals surface area contributed by atoms with E-state index in [4.69, 9.17) is 25.3 Å². The van der Waals surface area contributed by atoms with Gasteiger partial charge in [0.05, 0.1) is 42.1 Å². The van der Waals surface area contributed by atoms with Crippen LogP contribution >= 0.6 is 23.4 Å². The van der Waals surface area contributed by atoms with Gasteiger partial charge in [-0.25, -0.2) is 4.98 Å². The number of nitrogens with zero attached hydrogens (tertiary/aromatic N) is 4. The molecule has 0 aliphatic carbocycles. The molecule has 0 saturated heterocycles. The largest absolute Gasteiger partial charge is 0.496 e. The minimum absolute atomic E-state index is 0.184. The molecule has 0 unspecified atom stereocenters. The van der Waals surface area contributed by atoms with E-state index in [1.807, 2.05) is 30.3 Å². The van der Waals surface area contributed by atoms with Gasteiger partial charge in [0.15, 0.2) is 5.16 Å². The van der Waals surface area contributed by atoms with Crippen LogP contribution in [0.25, 0.3) is 22.3 Å². The van der Waals surface area contributed by atoms with Crippen molar-refractivity contribution in [2.45, 2.75) is 17.5 Å². The maximum absolute atomic E-state index is 13.2. The molecule has 0 bridgehead atoms. The Balaban J connectivity index is 1.47. The van der Waals surface area contributed by atoms with Gasteiger partial charge in [-0.3, -0.25) is 9.36 Å². The number of rotatable bonds is 7. The van der Waals surface area contributed by atoms with E-state index in [1.165, 1.54) is 11.8 Å². The molecular weight excluding hydrogens is 464 g/mol. The number of halogens is 1. The van der Waals surface area contributed by atoms with Crippen LogP contribution in [0.15, 0.2) is 79.8 Å². The Morgan fingerprint density at radius 1 is 1.12 bits per heavy atom. The molecule has 0 radical (unpaired) electrons. The zero-order chi connectivity index (χ0) is 22.8. The average molecular weight is 481 g/mol. The molecule has 0 fully saturated rings. The highest BCUT2D eigenvalue weighted by Gasteiger charge is 2.17. The fourth-order valence-corrected chi connectivity index (χ4v) is 4.36. The topological polar surface area (TPSA) is 96.2 Å². The molecule has 2 aromatic carbocycles. The smallest absolute Gasteiger partial charge is 0.262 e. The molecule has 0 atom stereocenters. The lowest BCUT2D eigenvalue weighted by Crippen LogP contribution is -2.23. The second-order valence-electron chi connectivity index (χ2n) is 7.03. The maximum atomic E-state index is 13.2. The van der Waals surface area contributed by atoms with Gasteiger partial charge >= 0.3 is 0 Å². The number of benzene rings is 2. The molecule has 0 saturated carbocycles. The molecule has 166 valence electrons. The monoisotopic (exact) mass is 480 g/mol. The van der Waals surface area contributed by atoms with Gasteiger partial charge in [-0.15, -0.1) is 0 Å². The number of fused-ring (bicyclic) bond motifs is 1. The van der Waals surface area contributed by atoms with Gasteiger partial charge in [-0.1, -0.05) is 40.7 Å². The van der Waals surface area contributed by atoms with Crippen molar-refractivity contribution in [1.29, 1.82) is 0 Å². The third-order valence-electron chi connectivity index (χ3n) is 4.92. The van der Waals surface area contributed by atoms with Crippen molar-refractivity contribution in [3.8, 4) is 17.1 Å². The molecule has 3 aromatic heterocycles. The van der Waals surface area contributed by atoms with Crippen LogP contribution in [0.3, 0.4) is 0 Å². The van der Waals surface area contributed by atoms with Crippen LogP contribution in [0.2, 0.25) is 5.02 Å². The number of aromatic nitrogens is 4. The first kappa shape index (κ1) is 21.3. The van der Waals surface area contributed by atoms with Gasteiger partial charge in [-0.05, 0) is 42.5 Å². The average Bonchev–Trinajstić information content (AvgIpc) is 3.52.